The number of nitrogens with zero attached hydrogens (tertiary/aromatic N) is 6. The Hall–Kier alpha value is -2.97. The highest BCUT2D eigenvalue weighted by Crippen LogP contribution is 2.34. The van der Waals surface area contributed by atoms with Crippen molar-refractivity contribution in [2.45, 2.75) is 37.2 Å². The second-order valence-corrected chi connectivity index (χ2v) is 12.4. The van der Waals surface area contributed by atoms with Crippen molar-refractivity contribution in [2.24, 2.45) is 0 Å². The first kappa shape index (κ1) is 24.4. The van der Waals surface area contributed by atoms with Gasteiger partial charge in [0, 0.05) is 59.5 Å². The third kappa shape index (κ3) is 4.73. The lowest BCUT2D eigenvalue weighted by Crippen LogP contribution is -2.62. The second kappa shape index (κ2) is 8.81. The molecule has 37 heavy (non-hydrogen) atoms. The number of aliphatic hydroxyl groups is 1. The Bertz CT molecular complexity index is 1420. The van der Waals surface area contributed by atoms with Gasteiger partial charge >= 0.3 is 6.18 Å². The van der Waals surface area contributed by atoms with Gasteiger partial charge in [-0.25, -0.2) is 8.89 Å². The molecule has 3 aromatic rings. The molecule has 10 nitrogen and oxygen atoms in total. The Labute approximate surface area is 211 Å². The summed E-state index contributed by atoms with van der Waals surface area (Å²) in [5.74, 6) is 1.74. The standard InChI is InChI=1S/C23H27F3N8O2S/c24-23(25,26)14-2-1-3-16(8-14)34-21-19(11-28-34)20(30-22(31-21)29-15-9-18(35)10-15)33-12-17(13-33)32-4-6-37(27,36)7-5-32/h1-3,8,11,15,17-18,27,35H,4-7,9-10,12-13H2,(H,29,30,31)/t15-,18+. The maximum Gasteiger partial charge on any atom is 0.416 e. The molecule has 0 radical (unpaired) electrons. The fourth-order valence-electron chi connectivity index (χ4n) is 5.06. The van der Waals surface area contributed by atoms with Crippen LogP contribution >= 0.6 is 0 Å². The molecule has 3 aliphatic rings. The van der Waals surface area contributed by atoms with Crippen LogP contribution < -0.4 is 10.2 Å². The normalized spacial score (nSPS) is 24.6. The summed E-state index contributed by atoms with van der Waals surface area (Å²) in [5, 5.41) is 17.9. The van der Waals surface area contributed by atoms with E-state index in [0.717, 1.165) is 12.1 Å². The molecule has 4 heterocycles. The van der Waals surface area contributed by atoms with Gasteiger partial charge in [0.2, 0.25) is 5.95 Å². The summed E-state index contributed by atoms with van der Waals surface area (Å²) < 4.78 is 61.2. The Morgan fingerprint density at radius 3 is 2.54 bits per heavy atom. The van der Waals surface area contributed by atoms with E-state index in [9.17, 15) is 22.5 Å². The first-order valence-corrected chi connectivity index (χ1v) is 14.1. The Kier molecular flexibility index (Phi) is 5.80. The zero-order chi connectivity index (χ0) is 25.9. The number of alkyl halides is 3. The minimum atomic E-state index is -4.48. The molecule has 6 rings (SSSR count). The van der Waals surface area contributed by atoms with Gasteiger partial charge in [-0.1, -0.05) is 6.07 Å². The summed E-state index contributed by atoms with van der Waals surface area (Å²) >= 11 is 0. The molecule has 1 aromatic carbocycles. The van der Waals surface area contributed by atoms with Crippen LogP contribution in [0.3, 0.4) is 0 Å². The van der Waals surface area contributed by atoms with Crippen LogP contribution in [-0.2, 0) is 15.9 Å². The average Bonchev–Trinajstić information content (AvgIpc) is 3.22. The van der Waals surface area contributed by atoms with E-state index in [2.05, 4.69) is 25.2 Å². The minimum Gasteiger partial charge on any atom is -0.393 e. The molecule has 1 saturated carbocycles. The molecule has 0 bridgehead atoms. The SMILES string of the molecule is N=S1(=O)CCN(C2CN(c3nc(N[C@H]4C[C@@H](O)C4)nc4c3cnn4-c3cccc(C(F)(F)F)c3)C2)CC1. The monoisotopic (exact) mass is 536 g/mol. The molecular weight excluding hydrogens is 509 g/mol. The Morgan fingerprint density at radius 1 is 1.14 bits per heavy atom. The van der Waals surface area contributed by atoms with Crippen molar-refractivity contribution in [3.8, 4) is 5.69 Å². The predicted octanol–water partition coefficient (Wildman–Crippen LogP) is 2.32. The average molecular weight is 537 g/mol. The summed E-state index contributed by atoms with van der Waals surface area (Å²) in [5.41, 5.74) is -0.135. The summed E-state index contributed by atoms with van der Waals surface area (Å²) in [6.45, 7) is 2.62. The van der Waals surface area contributed by atoms with E-state index in [1.807, 2.05) is 0 Å². The van der Waals surface area contributed by atoms with Crippen molar-refractivity contribution in [1.29, 1.82) is 4.78 Å². The summed E-state index contributed by atoms with van der Waals surface area (Å²) in [4.78, 5) is 13.7. The van der Waals surface area contributed by atoms with E-state index < -0.39 is 21.5 Å². The third-order valence-electron chi connectivity index (χ3n) is 7.37. The number of rotatable bonds is 5. The fraction of sp³-hybridized carbons (Fsp3) is 0.522. The highest BCUT2D eigenvalue weighted by atomic mass is 32.2. The van der Waals surface area contributed by atoms with Crippen LogP contribution in [0.1, 0.15) is 18.4 Å². The lowest BCUT2D eigenvalue weighted by molar-refractivity contribution is -0.137. The smallest absolute Gasteiger partial charge is 0.393 e. The topological polar surface area (TPSA) is 123 Å². The number of nitrogens with one attached hydrogen (secondary N) is 2. The number of hydrogen-bond donors (Lipinski definition) is 3. The van der Waals surface area contributed by atoms with Crippen LogP contribution in [0, 0.1) is 4.78 Å². The molecule has 0 unspecified atom stereocenters. The van der Waals surface area contributed by atoms with Crippen molar-refractivity contribution >= 4 is 32.5 Å². The van der Waals surface area contributed by atoms with Crippen molar-refractivity contribution in [3.63, 3.8) is 0 Å². The van der Waals surface area contributed by atoms with E-state index >= 15 is 0 Å². The molecule has 0 spiro atoms. The van der Waals surface area contributed by atoms with Crippen LogP contribution in [0.2, 0.25) is 0 Å². The van der Waals surface area contributed by atoms with Crippen molar-refractivity contribution in [2.75, 3.05) is 47.9 Å². The van der Waals surface area contributed by atoms with Crippen LogP contribution in [0.4, 0.5) is 24.9 Å². The molecule has 3 N–H and O–H groups in total. The highest BCUT2D eigenvalue weighted by molar-refractivity contribution is 7.92. The van der Waals surface area contributed by atoms with Gasteiger partial charge in [-0.2, -0.15) is 28.2 Å². The number of fused-ring (bicyclic) bond motifs is 1. The number of aliphatic hydroxyl groups excluding tert-OH is 1. The molecule has 0 atom stereocenters. The first-order valence-electron chi connectivity index (χ1n) is 12.2. The van der Waals surface area contributed by atoms with E-state index in [4.69, 9.17) is 9.76 Å². The van der Waals surface area contributed by atoms with Crippen LogP contribution in [-0.4, -0.2) is 89.8 Å². The minimum absolute atomic E-state index is 0.0162. The van der Waals surface area contributed by atoms with E-state index in [-0.39, 0.29) is 23.9 Å². The second-order valence-electron chi connectivity index (χ2n) is 9.99. The fourth-order valence-corrected chi connectivity index (χ4v) is 6.32. The van der Waals surface area contributed by atoms with E-state index in [0.29, 0.717) is 73.3 Å². The molecule has 198 valence electrons. The highest BCUT2D eigenvalue weighted by Gasteiger charge is 2.37. The van der Waals surface area contributed by atoms with Gasteiger partial charge in [-0.15, -0.1) is 0 Å². The van der Waals surface area contributed by atoms with Crippen molar-refractivity contribution in [3.05, 3.63) is 36.0 Å². The summed E-state index contributed by atoms with van der Waals surface area (Å²) in [6.07, 6.45) is -2.13. The van der Waals surface area contributed by atoms with Gasteiger partial charge in [0.15, 0.2) is 5.65 Å². The Balaban J connectivity index is 1.32. The zero-order valence-electron chi connectivity index (χ0n) is 19.9. The summed E-state index contributed by atoms with van der Waals surface area (Å²) in [7, 11) is -2.47. The largest absolute Gasteiger partial charge is 0.416 e. The maximum atomic E-state index is 13.3. The van der Waals surface area contributed by atoms with Crippen LogP contribution in [0.5, 0.6) is 0 Å². The van der Waals surface area contributed by atoms with Gasteiger partial charge in [0.1, 0.15) is 5.82 Å². The van der Waals surface area contributed by atoms with Gasteiger partial charge in [-0.05, 0) is 31.0 Å². The number of aromatic nitrogens is 4. The summed E-state index contributed by atoms with van der Waals surface area (Å²) in [6, 6.07) is 5.23. The van der Waals surface area contributed by atoms with Crippen LogP contribution in [0.15, 0.2) is 30.5 Å². The quantitative estimate of drug-likeness (QED) is 0.454. The lowest BCUT2D eigenvalue weighted by Gasteiger charge is -2.47. The van der Waals surface area contributed by atoms with Crippen molar-refractivity contribution in [1.82, 2.24) is 24.6 Å². The number of benzene rings is 1. The Morgan fingerprint density at radius 2 is 1.86 bits per heavy atom. The molecule has 2 saturated heterocycles. The molecule has 14 heteroatoms. The van der Waals surface area contributed by atoms with Gasteiger partial charge in [0.25, 0.3) is 0 Å². The lowest BCUT2D eigenvalue weighted by atomic mass is 9.90. The number of hydrogen-bond acceptors (Lipinski definition) is 9. The molecular formula is C23H27F3N8O2S. The molecule has 1 aliphatic carbocycles. The number of anilines is 2. The molecule has 2 aromatic heterocycles. The van der Waals surface area contributed by atoms with Gasteiger partial charge in [-0.3, -0.25) is 9.68 Å². The van der Waals surface area contributed by atoms with Gasteiger partial charge in [0.05, 0.1) is 28.9 Å². The molecule has 2 aliphatic heterocycles. The van der Waals surface area contributed by atoms with Crippen molar-refractivity contribution < 1.29 is 22.5 Å². The third-order valence-corrected chi connectivity index (χ3v) is 9.05. The van der Waals surface area contributed by atoms with Gasteiger partial charge < -0.3 is 15.3 Å². The zero-order valence-corrected chi connectivity index (χ0v) is 20.7. The van der Waals surface area contributed by atoms with Crippen LogP contribution in [0.25, 0.3) is 16.7 Å². The van der Waals surface area contributed by atoms with E-state index in [1.165, 1.54) is 10.7 Å². The first-order chi connectivity index (χ1) is 17.6. The molecule has 0 amide bonds. The number of halogens is 3. The predicted molar refractivity (Wildman–Crippen MR) is 132 cm³/mol. The molecule has 3 fully saturated rings. The van der Waals surface area contributed by atoms with E-state index in [1.54, 1.807) is 12.3 Å². The maximum absolute atomic E-state index is 13.3.